The van der Waals surface area contributed by atoms with E-state index >= 15 is 0 Å². The summed E-state index contributed by atoms with van der Waals surface area (Å²) < 4.78 is 4.97. The van der Waals surface area contributed by atoms with Crippen LogP contribution >= 0.6 is 0 Å². The third-order valence-corrected chi connectivity index (χ3v) is 5.43. The second-order valence-electron chi connectivity index (χ2n) is 6.91. The van der Waals surface area contributed by atoms with Gasteiger partial charge in [-0.3, -0.25) is 9.59 Å². The molecule has 2 aliphatic rings. The van der Waals surface area contributed by atoms with Gasteiger partial charge in [0.2, 0.25) is 0 Å². The van der Waals surface area contributed by atoms with Gasteiger partial charge in [0, 0.05) is 5.57 Å². The van der Waals surface area contributed by atoms with E-state index in [0.29, 0.717) is 11.5 Å². The summed E-state index contributed by atoms with van der Waals surface area (Å²) in [6.07, 6.45) is 6.97. The van der Waals surface area contributed by atoms with E-state index in [-0.39, 0.29) is 16.8 Å². The van der Waals surface area contributed by atoms with E-state index in [1.807, 2.05) is 6.08 Å². The minimum atomic E-state index is -0.395. The zero-order valence-electron chi connectivity index (χ0n) is 12.4. The monoisotopic (exact) mass is 264 g/mol. The average Bonchev–Trinajstić information content (AvgIpc) is 2.35. The van der Waals surface area contributed by atoms with Crippen LogP contribution in [0.3, 0.4) is 0 Å². The Morgan fingerprint density at radius 2 is 2.05 bits per heavy atom. The van der Waals surface area contributed by atoms with Crippen LogP contribution in [0, 0.1) is 22.7 Å². The topological polar surface area (TPSA) is 43.4 Å². The van der Waals surface area contributed by atoms with E-state index in [2.05, 4.69) is 20.8 Å². The van der Waals surface area contributed by atoms with Gasteiger partial charge in [-0.15, -0.1) is 0 Å². The van der Waals surface area contributed by atoms with Gasteiger partial charge < -0.3 is 4.74 Å². The molecule has 0 bridgehead atoms. The van der Waals surface area contributed by atoms with E-state index in [9.17, 15) is 9.59 Å². The highest BCUT2D eigenvalue weighted by Gasteiger charge is 2.55. The van der Waals surface area contributed by atoms with Crippen LogP contribution in [0.2, 0.25) is 0 Å². The fraction of sp³-hybridized carbons (Fsp3) is 0.750. The van der Waals surface area contributed by atoms with Crippen molar-refractivity contribution in [1.29, 1.82) is 0 Å². The van der Waals surface area contributed by atoms with Gasteiger partial charge >= 0.3 is 5.97 Å². The summed E-state index contributed by atoms with van der Waals surface area (Å²) in [6, 6.07) is 0. The second-order valence-corrected chi connectivity index (χ2v) is 6.91. The van der Waals surface area contributed by atoms with Crippen LogP contribution in [-0.4, -0.2) is 19.4 Å². The Morgan fingerprint density at radius 1 is 1.37 bits per heavy atom. The molecule has 2 aliphatic carbocycles. The second kappa shape index (κ2) is 4.77. The van der Waals surface area contributed by atoms with Crippen molar-refractivity contribution in [1.82, 2.24) is 0 Å². The van der Waals surface area contributed by atoms with Crippen LogP contribution in [0.4, 0.5) is 0 Å². The van der Waals surface area contributed by atoms with Gasteiger partial charge in [0.15, 0.2) is 0 Å². The largest absolute Gasteiger partial charge is 0.469 e. The van der Waals surface area contributed by atoms with Crippen molar-refractivity contribution in [2.75, 3.05) is 7.11 Å². The molecule has 19 heavy (non-hydrogen) atoms. The third-order valence-electron chi connectivity index (χ3n) is 5.43. The van der Waals surface area contributed by atoms with Crippen molar-refractivity contribution >= 4 is 12.3 Å². The lowest BCUT2D eigenvalue weighted by atomic mass is 9.48. The van der Waals surface area contributed by atoms with Crippen molar-refractivity contribution in [2.45, 2.75) is 46.5 Å². The highest BCUT2D eigenvalue weighted by atomic mass is 16.5. The van der Waals surface area contributed by atoms with E-state index < -0.39 is 5.92 Å². The first kappa shape index (κ1) is 14.3. The minimum Gasteiger partial charge on any atom is -0.469 e. The predicted octanol–water partition coefficient (Wildman–Crippen LogP) is 3.14. The highest BCUT2D eigenvalue weighted by Crippen LogP contribution is 2.59. The Bertz CT molecular complexity index is 422. The quantitative estimate of drug-likeness (QED) is 0.568. The van der Waals surface area contributed by atoms with Crippen LogP contribution in [0.1, 0.15) is 46.5 Å². The molecule has 0 saturated heterocycles. The van der Waals surface area contributed by atoms with Crippen molar-refractivity contribution in [3.05, 3.63) is 11.6 Å². The SMILES string of the molecule is COC(=O)C1C(C=O)=CCC2C(C)(C)CCCC12C. The highest BCUT2D eigenvalue weighted by molar-refractivity contribution is 5.88. The first-order chi connectivity index (χ1) is 8.86. The summed E-state index contributed by atoms with van der Waals surface area (Å²) in [6.45, 7) is 6.73. The Kier molecular flexibility index (Phi) is 3.59. The fourth-order valence-electron chi connectivity index (χ4n) is 4.49. The van der Waals surface area contributed by atoms with E-state index in [1.165, 1.54) is 13.5 Å². The summed E-state index contributed by atoms with van der Waals surface area (Å²) in [7, 11) is 1.41. The van der Waals surface area contributed by atoms with Crippen molar-refractivity contribution < 1.29 is 14.3 Å². The number of fused-ring (bicyclic) bond motifs is 1. The van der Waals surface area contributed by atoms with Gasteiger partial charge in [-0.1, -0.05) is 33.3 Å². The summed E-state index contributed by atoms with van der Waals surface area (Å²) in [5, 5.41) is 0. The van der Waals surface area contributed by atoms with Gasteiger partial charge in [-0.05, 0) is 36.0 Å². The molecule has 0 amide bonds. The molecular formula is C16H24O3. The third kappa shape index (κ3) is 2.13. The number of hydrogen-bond acceptors (Lipinski definition) is 3. The lowest BCUT2D eigenvalue weighted by Crippen LogP contribution is -2.51. The molecule has 0 N–H and O–H groups in total. The number of rotatable bonds is 2. The Balaban J connectivity index is 2.48. The van der Waals surface area contributed by atoms with Crippen LogP contribution in [0.15, 0.2) is 11.6 Å². The smallest absolute Gasteiger partial charge is 0.313 e. The molecule has 3 atom stereocenters. The molecule has 1 saturated carbocycles. The Morgan fingerprint density at radius 3 is 2.63 bits per heavy atom. The molecule has 3 nitrogen and oxygen atoms in total. The molecule has 2 rings (SSSR count). The molecule has 0 radical (unpaired) electrons. The number of carbonyl (C=O) groups excluding carboxylic acids is 2. The molecule has 0 spiro atoms. The minimum absolute atomic E-state index is 0.153. The summed E-state index contributed by atoms with van der Waals surface area (Å²) in [5.74, 6) is -0.224. The summed E-state index contributed by atoms with van der Waals surface area (Å²) in [4.78, 5) is 23.5. The van der Waals surface area contributed by atoms with Crippen LogP contribution < -0.4 is 0 Å². The van der Waals surface area contributed by atoms with Crippen molar-refractivity contribution in [3.63, 3.8) is 0 Å². The Labute approximate surface area is 115 Å². The van der Waals surface area contributed by atoms with Crippen molar-refractivity contribution in [3.8, 4) is 0 Å². The molecule has 1 fully saturated rings. The first-order valence-electron chi connectivity index (χ1n) is 7.10. The number of methoxy groups -OCH3 is 1. The summed E-state index contributed by atoms with van der Waals surface area (Å²) in [5.41, 5.74) is 0.674. The number of carbonyl (C=O) groups is 2. The average molecular weight is 264 g/mol. The van der Waals surface area contributed by atoms with E-state index in [1.54, 1.807) is 0 Å². The molecule has 0 aromatic rings. The molecule has 3 unspecified atom stereocenters. The lowest BCUT2D eigenvalue weighted by Gasteiger charge is -2.55. The van der Waals surface area contributed by atoms with Crippen molar-refractivity contribution in [2.24, 2.45) is 22.7 Å². The number of hydrogen-bond donors (Lipinski definition) is 0. The van der Waals surface area contributed by atoms with E-state index in [4.69, 9.17) is 4.74 Å². The maximum Gasteiger partial charge on any atom is 0.313 e. The maximum absolute atomic E-state index is 12.2. The van der Waals surface area contributed by atoms with Gasteiger partial charge in [-0.2, -0.15) is 0 Å². The van der Waals surface area contributed by atoms with Crippen LogP contribution in [0.5, 0.6) is 0 Å². The van der Waals surface area contributed by atoms with Gasteiger partial charge in [0.05, 0.1) is 13.0 Å². The lowest BCUT2D eigenvalue weighted by molar-refractivity contribution is -0.155. The van der Waals surface area contributed by atoms with Crippen LogP contribution in [-0.2, 0) is 14.3 Å². The van der Waals surface area contributed by atoms with Crippen LogP contribution in [0.25, 0.3) is 0 Å². The van der Waals surface area contributed by atoms with Gasteiger partial charge in [0.25, 0.3) is 0 Å². The molecule has 0 aromatic carbocycles. The van der Waals surface area contributed by atoms with Gasteiger partial charge in [-0.25, -0.2) is 0 Å². The normalized spacial score (nSPS) is 36.9. The fourth-order valence-corrected chi connectivity index (χ4v) is 4.49. The van der Waals surface area contributed by atoms with E-state index in [0.717, 1.165) is 25.5 Å². The molecule has 0 heterocycles. The predicted molar refractivity (Wildman–Crippen MR) is 73.5 cm³/mol. The number of aldehydes is 1. The standard InChI is InChI=1S/C16H24O3/c1-15(2)8-5-9-16(3)12(15)7-6-11(10-17)13(16)14(18)19-4/h6,10,12-13H,5,7-9H2,1-4H3. The molecular weight excluding hydrogens is 240 g/mol. The zero-order valence-corrected chi connectivity index (χ0v) is 12.4. The number of esters is 1. The molecule has 0 aromatic heterocycles. The maximum atomic E-state index is 12.2. The molecule has 3 heteroatoms. The Hall–Kier alpha value is -1.12. The van der Waals surface area contributed by atoms with Gasteiger partial charge in [0.1, 0.15) is 6.29 Å². The molecule has 106 valence electrons. The number of allylic oxidation sites excluding steroid dienone is 1. The first-order valence-corrected chi connectivity index (χ1v) is 7.10. The summed E-state index contributed by atoms with van der Waals surface area (Å²) >= 11 is 0. The number of ether oxygens (including phenoxy) is 1. The zero-order chi connectivity index (χ0) is 14.3. The molecule has 0 aliphatic heterocycles.